The molecule has 0 aliphatic heterocycles. The lowest BCUT2D eigenvalue weighted by molar-refractivity contribution is -0.137. The van der Waals surface area contributed by atoms with Gasteiger partial charge in [-0.25, -0.2) is 0 Å². The van der Waals surface area contributed by atoms with Gasteiger partial charge in [0, 0.05) is 0 Å². The van der Waals surface area contributed by atoms with Gasteiger partial charge < -0.3 is 5.11 Å². The van der Waals surface area contributed by atoms with Crippen molar-refractivity contribution in [3.05, 3.63) is 52.6 Å². The van der Waals surface area contributed by atoms with Crippen LogP contribution in [0.3, 0.4) is 0 Å². The second-order valence-corrected chi connectivity index (χ2v) is 4.91. The van der Waals surface area contributed by atoms with Crippen molar-refractivity contribution in [2.24, 2.45) is 0 Å². The van der Waals surface area contributed by atoms with Crippen molar-refractivity contribution in [3.8, 4) is 16.9 Å². The maximum atomic E-state index is 12.6. The zero-order valence-electron chi connectivity index (χ0n) is 11.5. The summed E-state index contributed by atoms with van der Waals surface area (Å²) in [5.41, 5.74) is 3.38. The van der Waals surface area contributed by atoms with E-state index < -0.39 is 11.7 Å². The Balaban J connectivity index is 2.56. The van der Waals surface area contributed by atoms with Crippen LogP contribution < -0.4 is 0 Å². The molecule has 2 aromatic carbocycles. The van der Waals surface area contributed by atoms with Gasteiger partial charge in [-0.05, 0) is 66.8 Å². The van der Waals surface area contributed by atoms with Gasteiger partial charge in [0.2, 0.25) is 0 Å². The quantitative estimate of drug-likeness (QED) is 0.779. The van der Waals surface area contributed by atoms with Crippen molar-refractivity contribution in [2.75, 3.05) is 0 Å². The van der Waals surface area contributed by atoms with Crippen molar-refractivity contribution in [3.63, 3.8) is 0 Å². The minimum Gasteiger partial charge on any atom is -0.508 e. The van der Waals surface area contributed by atoms with Crippen LogP contribution >= 0.6 is 0 Å². The van der Waals surface area contributed by atoms with E-state index in [0.29, 0.717) is 0 Å². The van der Waals surface area contributed by atoms with E-state index in [4.69, 9.17) is 0 Å². The molecule has 0 unspecified atom stereocenters. The summed E-state index contributed by atoms with van der Waals surface area (Å²) >= 11 is 0. The van der Waals surface area contributed by atoms with E-state index in [-0.39, 0.29) is 5.75 Å². The van der Waals surface area contributed by atoms with Crippen LogP contribution in [0.25, 0.3) is 11.1 Å². The lowest BCUT2D eigenvalue weighted by Crippen LogP contribution is -2.04. The van der Waals surface area contributed by atoms with E-state index in [9.17, 15) is 18.3 Å². The summed E-state index contributed by atoms with van der Waals surface area (Å²) in [5, 5.41) is 9.75. The van der Waals surface area contributed by atoms with Gasteiger partial charge in [0.25, 0.3) is 0 Å². The molecule has 0 fully saturated rings. The molecular formula is C16H15F3O. The predicted molar refractivity (Wildman–Crippen MR) is 72.8 cm³/mol. The van der Waals surface area contributed by atoms with Crippen LogP contribution in [-0.4, -0.2) is 5.11 Å². The molecule has 1 nitrogen and oxygen atoms in total. The van der Waals surface area contributed by atoms with Crippen LogP contribution in [0.15, 0.2) is 30.3 Å². The zero-order valence-corrected chi connectivity index (χ0v) is 11.5. The number of phenolic OH excluding ortho intramolecular Hbond substituents is 1. The average Bonchev–Trinajstić information content (AvgIpc) is 2.36. The number of benzene rings is 2. The Bertz CT molecular complexity index is 640. The van der Waals surface area contributed by atoms with E-state index in [1.165, 1.54) is 12.1 Å². The molecule has 0 saturated heterocycles. The maximum absolute atomic E-state index is 12.6. The van der Waals surface area contributed by atoms with Crippen molar-refractivity contribution in [1.29, 1.82) is 0 Å². The first-order valence-electron chi connectivity index (χ1n) is 6.19. The van der Waals surface area contributed by atoms with Gasteiger partial charge in [-0.3, -0.25) is 0 Å². The first-order valence-corrected chi connectivity index (χ1v) is 6.19. The third-order valence-electron chi connectivity index (χ3n) is 3.57. The highest BCUT2D eigenvalue weighted by Crippen LogP contribution is 2.36. The third kappa shape index (κ3) is 2.50. The molecular weight excluding hydrogens is 265 g/mol. The summed E-state index contributed by atoms with van der Waals surface area (Å²) in [6.07, 6.45) is -4.33. The Hall–Kier alpha value is -1.97. The minimum atomic E-state index is -4.33. The second-order valence-electron chi connectivity index (χ2n) is 4.91. The Morgan fingerprint density at radius 2 is 1.45 bits per heavy atom. The van der Waals surface area contributed by atoms with Crippen LogP contribution in [-0.2, 0) is 6.18 Å². The Morgan fingerprint density at radius 3 is 1.95 bits per heavy atom. The van der Waals surface area contributed by atoms with E-state index in [2.05, 4.69) is 0 Å². The van der Waals surface area contributed by atoms with Gasteiger partial charge in [0.1, 0.15) is 5.75 Å². The molecule has 1 N–H and O–H groups in total. The van der Waals surface area contributed by atoms with Crippen molar-refractivity contribution in [2.45, 2.75) is 26.9 Å². The molecule has 2 rings (SSSR count). The number of hydrogen-bond donors (Lipinski definition) is 1. The number of aryl methyl sites for hydroxylation is 1. The van der Waals surface area contributed by atoms with E-state index >= 15 is 0 Å². The molecule has 0 saturated carbocycles. The Morgan fingerprint density at radius 1 is 0.900 bits per heavy atom. The number of aromatic hydroxyl groups is 1. The molecule has 106 valence electrons. The number of phenols is 1. The van der Waals surface area contributed by atoms with Crippen LogP contribution in [0.4, 0.5) is 13.2 Å². The van der Waals surface area contributed by atoms with Crippen molar-refractivity contribution >= 4 is 0 Å². The van der Waals surface area contributed by atoms with Crippen molar-refractivity contribution < 1.29 is 18.3 Å². The summed E-state index contributed by atoms with van der Waals surface area (Å²) < 4.78 is 37.7. The molecule has 0 radical (unpaired) electrons. The molecule has 4 heteroatoms. The van der Waals surface area contributed by atoms with Crippen LogP contribution in [0, 0.1) is 20.8 Å². The fourth-order valence-electron chi connectivity index (χ4n) is 2.33. The summed E-state index contributed by atoms with van der Waals surface area (Å²) in [6.45, 7) is 5.48. The van der Waals surface area contributed by atoms with Gasteiger partial charge in [-0.15, -0.1) is 0 Å². The topological polar surface area (TPSA) is 20.2 Å². The lowest BCUT2D eigenvalue weighted by Gasteiger charge is -2.15. The van der Waals surface area contributed by atoms with Gasteiger partial charge >= 0.3 is 6.18 Å². The SMILES string of the molecule is Cc1cc(O)c(C)c(C)c1-c1ccc(C(F)(F)F)cc1. The molecule has 0 spiro atoms. The Kier molecular flexibility index (Phi) is 3.50. The Labute approximate surface area is 115 Å². The molecule has 0 amide bonds. The molecule has 20 heavy (non-hydrogen) atoms. The standard InChI is InChI=1S/C16H15F3O/c1-9-8-14(20)10(2)11(3)15(9)12-4-6-13(7-5-12)16(17,18)19/h4-8,20H,1-3H3. The van der Waals surface area contributed by atoms with Crippen molar-refractivity contribution in [1.82, 2.24) is 0 Å². The van der Waals surface area contributed by atoms with Gasteiger partial charge in [0.15, 0.2) is 0 Å². The normalized spacial score (nSPS) is 11.7. The molecule has 2 aromatic rings. The largest absolute Gasteiger partial charge is 0.508 e. The van der Waals surface area contributed by atoms with E-state index in [0.717, 1.165) is 39.9 Å². The van der Waals surface area contributed by atoms with E-state index in [1.54, 1.807) is 13.0 Å². The molecule has 0 aromatic heterocycles. The summed E-state index contributed by atoms with van der Waals surface area (Å²) in [7, 11) is 0. The lowest BCUT2D eigenvalue weighted by atomic mass is 9.91. The van der Waals surface area contributed by atoms with E-state index in [1.807, 2.05) is 13.8 Å². The first kappa shape index (κ1) is 14.4. The third-order valence-corrected chi connectivity index (χ3v) is 3.57. The fourth-order valence-corrected chi connectivity index (χ4v) is 2.33. The highest BCUT2D eigenvalue weighted by atomic mass is 19.4. The summed E-state index contributed by atoms with van der Waals surface area (Å²) in [6, 6.07) is 6.73. The molecule has 0 aliphatic carbocycles. The highest BCUT2D eigenvalue weighted by molar-refractivity contribution is 5.73. The number of rotatable bonds is 1. The highest BCUT2D eigenvalue weighted by Gasteiger charge is 2.30. The van der Waals surface area contributed by atoms with Gasteiger partial charge in [-0.1, -0.05) is 12.1 Å². The first-order chi connectivity index (χ1) is 9.21. The summed E-state index contributed by atoms with van der Waals surface area (Å²) in [4.78, 5) is 0. The number of halogens is 3. The summed E-state index contributed by atoms with van der Waals surface area (Å²) in [5.74, 6) is 0.204. The minimum absolute atomic E-state index is 0.204. The van der Waals surface area contributed by atoms with Crippen LogP contribution in [0.5, 0.6) is 5.75 Å². The zero-order chi connectivity index (χ0) is 15.1. The number of hydrogen-bond acceptors (Lipinski definition) is 1. The smallest absolute Gasteiger partial charge is 0.416 e. The molecule has 0 heterocycles. The number of alkyl halides is 3. The molecule has 0 bridgehead atoms. The average molecular weight is 280 g/mol. The van der Waals surface area contributed by atoms with Crippen LogP contribution in [0.2, 0.25) is 0 Å². The molecule has 0 atom stereocenters. The second kappa shape index (κ2) is 4.85. The maximum Gasteiger partial charge on any atom is 0.416 e. The van der Waals surface area contributed by atoms with Gasteiger partial charge in [-0.2, -0.15) is 13.2 Å². The predicted octanol–water partition coefficient (Wildman–Crippen LogP) is 5.00. The van der Waals surface area contributed by atoms with Crippen LogP contribution in [0.1, 0.15) is 22.3 Å². The van der Waals surface area contributed by atoms with Gasteiger partial charge in [0.05, 0.1) is 5.56 Å². The fraction of sp³-hybridized carbons (Fsp3) is 0.250. The monoisotopic (exact) mass is 280 g/mol. The molecule has 0 aliphatic rings.